The summed E-state index contributed by atoms with van der Waals surface area (Å²) in [5, 5.41) is 9.59. The van der Waals surface area contributed by atoms with E-state index in [4.69, 9.17) is 0 Å². The van der Waals surface area contributed by atoms with Gasteiger partial charge in [-0.25, -0.2) is 9.97 Å². The summed E-state index contributed by atoms with van der Waals surface area (Å²) in [5.41, 5.74) is 0. The van der Waals surface area contributed by atoms with Crippen LogP contribution in [0.15, 0.2) is 12.4 Å². The van der Waals surface area contributed by atoms with Crippen molar-refractivity contribution in [2.75, 3.05) is 36.5 Å². The lowest BCUT2D eigenvalue weighted by Gasteiger charge is -2.22. The topological polar surface area (TPSA) is 52.5 Å². The molecule has 5 nitrogen and oxygen atoms in total. The predicted octanol–water partition coefficient (Wildman–Crippen LogP) is 1.53. The van der Waals surface area contributed by atoms with E-state index in [0.29, 0.717) is 12.5 Å². The normalized spacial score (nSPS) is 19.2. The molecule has 0 amide bonds. The number of aliphatic hydroxyl groups excluding tert-OH is 1. The Balaban J connectivity index is 2.02. The SMILES string of the molecule is CC(C)CCN(C)c1cc(N2CCC(O)C2)ncn1. The van der Waals surface area contributed by atoms with Crippen LogP contribution in [0.1, 0.15) is 26.7 Å². The molecule has 0 saturated carbocycles. The van der Waals surface area contributed by atoms with Gasteiger partial charge in [0.15, 0.2) is 0 Å². The van der Waals surface area contributed by atoms with E-state index in [2.05, 4.69) is 40.7 Å². The molecule has 1 aromatic rings. The van der Waals surface area contributed by atoms with Gasteiger partial charge in [0, 0.05) is 32.7 Å². The van der Waals surface area contributed by atoms with Gasteiger partial charge in [0.2, 0.25) is 0 Å². The Morgan fingerprint density at radius 3 is 2.89 bits per heavy atom. The van der Waals surface area contributed by atoms with E-state index in [1.807, 2.05) is 6.07 Å². The minimum Gasteiger partial charge on any atom is -0.391 e. The van der Waals surface area contributed by atoms with Gasteiger partial charge in [-0.3, -0.25) is 0 Å². The molecule has 0 aliphatic carbocycles. The van der Waals surface area contributed by atoms with E-state index in [-0.39, 0.29) is 6.10 Å². The highest BCUT2D eigenvalue weighted by molar-refractivity contribution is 5.50. The fourth-order valence-electron chi connectivity index (χ4n) is 2.24. The zero-order valence-electron chi connectivity index (χ0n) is 12.1. The molecule has 1 aromatic heterocycles. The smallest absolute Gasteiger partial charge is 0.134 e. The molecule has 1 N–H and O–H groups in total. The molecule has 2 heterocycles. The first-order valence-corrected chi connectivity index (χ1v) is 7.02. The molecule has 1 atom stereocenters. The number of anilines is 2. The van der Waals surface area contributed by atoms with Gasteiger partial charge in [0.05, 0.1) is 6.10 Å². The summed E-state index contributed by atoms with van der Waals surface area (Å²) in [5.74, 6) is 2.56. The second kappa shape index (κ2) is 6.19. The molecule has 1 fully saturated rings. The highest BCUT2D eigenvalue weighted by atomic mass is 16.3. The molecule has 2 rings (SSSR count). The van der Waals surface area contributed by atoms with Gasteiger partial charge in [-0.2, -0.15) is 0 Å². The molecule has 1 aliphatic rings. The molecule has 0 bridgehead atoms. The first-order chi connectivity index (χ1) is 9.06. The monoisotopic (exact) mass is 264 g/mol. The second-order valence-electron chi connectivity index (χ2n) is 5.73. The molecule has 5 heteroatoms. The van der Waals surface area contributed by atoms with Gasteiger partial charge in [-0.05, 0) is 18.8 Å². The maximum atomic E-state index is 9.59. The van der Waals surface area contributed by atoms with E-state index in [0.717, 1.165) is 37.6 Å². The van der Waals surface area contributed by atoms with Crippen LogP contribution < -0.4 is 9.80 Å². The molecule has 0 radical (unpaired) electrons. The molecule has 1 saturated heterocycles. The van der Waals surface area contributed by atoms with Crippen molar-refractivity contribution in [3.05, 3.63) is 12.4 Å². The van der Waals surface area contributed by atoms with E-state index in [1.165, 1.54) is 0 Å². The van der Waals surface area contributed by atoms with Gasteiger partial charge in [0.1, 0.15) is 18.0 Å². The quantitative estimate of drug-likeness (QED) is 0.874. The molecule has 0 spiro atoms. The van der Waals surface area contributed by atoms with Crippen molar-refractivity contribution < 1.29 is 5.11 Å². The van der Waals surface area contributed by atoms with Crippen LogP contribution in [-0.2, 0) is 0 Å². The van der Waals surface area contributed by atoms with Crippen molar-refractivity contribution in [1.82, 2.24) is 9.97 Å². The van der Waals surface area contributed by atoms with Gasteiger partial charge >= 0.3 is 0 Å². The highest BCUT2D eigenvalue weighted by Gasteiger charge is 2.21. The number of hydrogen-bond acceptors (Lipinski definition) is 5. The average Bonchev–Trinajstić information content (AvgIpc) is 2.83. The Morgan fingerprint density at radius 2 is 2.26 bits per heavy atom. The molecule has 0 aromatic carbocycles. The maximum Gasteiger partial charge on any atom is 0.134 e. The summed E-state index contributed by atoms with van der Waals surface area (Å²) in [6, 6.07) is 2.01. The average molecular weight is 264 g/mol. The van der Waals surface area contributed by atoms with Crippen LogP contribution in [0.5, 0.6) is 0 Å². The number of aromatic nitrogens is 2. The Kier molecular flexibility index (Phi) is 4.58. The third-order valence-corrected chi connectivity index (χ3v) is 3.56. The fourth-order valence-corrected chi connectivity index (χ4v) is 2.24. The van der Waals surface area contributed by atoms with Crippen molar-refractivity contribution >= 4 is 11.6 Å². The number of hydrogen-bond donors (Lipinski definition) is 1. The highest BCUT2D eigenvalue weighted by Crippen LogP contribution is 2.21. The van der Waals surface area contributed by atoms with Crippen molar-refractivity contribution in [3.8, 4) is 0 Å². The summed E-state index contributed by atoms with van der Waals surface area (Å²) in [4.78, 5) is 12.9. The van der Waals surface area contributed by atoms with Crippen LogP contribution in [-0.4, -0.2) is 47.9 Å². The van der Waals surface area contributed by atoms with E-state index >= 15 is 0 Å². The van der Waals surface area contributed by atoms with Gasteiger partial charge in [-0.15, -0.1) is 0 Å². The summed E-state index contributed by atoms with van der Waals surface area (Å²) >= 11 is 0. The standard InChI is InChI=1S/C14H24N4O/c1-11(2)4-6-17(3)13-8-14(16-10-15-13)18-7-5-12(19)9-18/h8,10-12,19H,4-7,9H2,1-3H3. The number of aliphatic hydroxyl groups is 1. The maximum absolute atomic E-state index is 9.59. The van der Waals surface area contributed by atoms with E-state index < -0.39 is 0 Å². The van der Waals surface area contributed by atoms with Gasteiger partial charge in [-0.1, -0.05) is 13.8 Å². The lowest BCUT2D eigenvalue weighted by Crippen LogP contribution is -2.24. The largest absolute Gasteiger partial charge is 0.391 e. The zero-order chi connectivity index (χ0) is 13.8. The molecule has 106 valence electrons. The number of rotatable bonds is 5. The summed E-state index contributed by atoms with van der Waals surface area (Å²) in [7, 11) is 2.06. The lowest BCUT2D eigenvalue weighted by atomic mass is 10.1. The second-order valence-corrected chi connectivity index (χ2v) is 5.73. The fraction of sp³-hybridized carbons (Fsp3) is 0.714. The van der Waals surface area contributed by atoms with Crippen LogP contribution >= 0.6 is 0 Å². The summed E-state index contributed by atoms with van der Waals surface area (Å²) in [6.45, 7) is 6.99. The Hall–Kier alpha value is -1.36. The van der Waals surface area contributed by atoms with Crippen LogP contribution in [0.2, 0.25) is 0 Å². The zero-order valence-corrected chi connectivity index (χ0v) is 12.1. The van der Waals surface area contributed by atoms with Crippen LogP contribution in [0.4, 0.5) is 11.6 Å². The predicted molar refractivity (Wildman–Crippen MR) is 77.6 cm³/mol. The lowest BCUT2D eigenvalue weighted by molar-refractivity contribution is 0.198. The first kappa shape index (κ1) is 14.1. The van der Waals surface area contributed by atoms with Crippen molar-refractivity contribution in [1.29, 1.82) is 0 Å². The minimum absolute atomic E-state index is 0.225. The van der Waals surface area contributed by atoms with Gasteiger partial charge < -0.3 is 14.9 Å². The van der Waals surface area contributed by atoms with Crippen LogP contribution in [0.3, 0.4) is 0 Å². The van der Waals surface area contributed by atoms with Crippen molar-refractivity contribution in [2.45, 2.75) is 32.8 Å². The molecule has 19 heavy (non-hydrogen) atoms. The van der Waals surface area contributed by atoms with E-state index in [1.54, 1.807) is 6.33 Å². The summed E-state index contributed by atoms with van der Waals surface area (Å²) in [6.07, 6.45) is 3.36. The van der Waals surface area contributed by atoms with E-state index in [9.17, 15) is 5.11 Å². The number of nitrogens with zero attached hydrogens (tertiary/aromatic N) is 4. The minimum atomic E-state index is -0.225. The molecule has 1 unspecified atom stereocenters. The van der Waals surface area contributed by atoms with Crippen molar-refractivity contribution in [2.24, 2.45) is 5.92 Å². The Labute approximate surface area is 115 Å². The summed E-state index contributed by atoms with van der Waals surface area (Å²) < 4.78 is 0. The first-order valence-electron chi connectivity index (χ1n) is 7.02. The third kappa shape index (κ3) is 3.80. The van der Waals surface area contributed by atoms with Crippen LogP contribution in [0.25, 0.3) is 0 Å². The van der Waals surface area contributed by atoms with Crippen molar-refractivity contribution in [3.63, 3.8) is 0 Å². The van der Waals surface area contributed by atoms with Gasteiger partial charge in [0.25, 0.3) is 0 Å². The third-order valence-electron chi connectivity index (χ3n) is 3.56. The Morgan fingerprint density at radius 1 is 1.47 bits per heavy atom. The molecule has 1 aliphatic heterocycles. The Bertz CT molecular complexity index is 410. The molecular weight excluding hydrogens is 240 g/mol. The molecular formula is C14H24N4O. The van der Waals surface area contributed by atoms with Crippen LogP contribution in [0, 0.1) is 5.92 Å². The number of β-amino-alcohol motifs (C(OH)–C–C–N with tert-alkyl or cyclic N) is 1.